The molecule has 27 heavy (non-hydrogen) atoms. The molecule has 7 nitrogen and oxygen atoms in total. The number of halogens is 1. The molecule has 2 aromatic carbocycles. The number of nitrogens with zero attached hydrogens (tertiary/aromatic N) is 2. The predicted octanol–water partition coefficient (Wildman–Crippen LogP) is 2.49. The molecule has 0 amide bonds. The lowest BCUT2D eigenvalue weighted by molar-refractivity contribution is 0.470. The van der Waals surface area contributed by atoms with Gasteiger partial charge in [0.2, 0.25) is 10.0 Å². The SMILES string of the molecule is N#CN1CC[C@@H](NS(=O)(=O)c2cc(NCc3cccc(O)c3)ccc2Cl)C1. The van der Waals surface area contributed by atoms with E-state index in [1.807, 2.05) is 12.3 Å². The van der Waals surface area contributed by atoms with Gasteiger partial charge in [-0.3, -0.25) is 0 Å². The van der Waals surface area contributed by atoms with Gasteiger partial charge in [-0.2, -0.15) is 5.26 Å². The van der Waals surface area contributed by atoms with E-state index in [1.165, 1.54) is 17.0 Å². The Balaban J connectivity index is 1.73. The molecule has 1 heterocycles. The number of aromatic hydroxyl groups is 1. The number of rotatable bonds is 6. The van der Waals surface area contributed by atoms with Gasteiger partial charge in [-0.05, 0) is 42.3 Å². The van der Waals surface area contributed by atoms with Gasteiger partial charge in [-0.1, -0.05) is 23.7 Å². The number of hydrogen-bond acceptors (Lipinski definition) is 6. The third-order valence-electron chi connectivity index (χ3n) is 4.28. The smallest absolute Gasteiger partial charge is 0.242 e. The molecule has 1 aliphatic rings. The molecule has 3 N–H and O–H groups in total. The Hall–Kier alpha value is -2.47. The van der Waals surface area contributed by atoms with Crippen LogP contribution in [0.15, 0.2) is 47.4 Å². The van der Waals surface area contributed by atoms with Gasteiger partial charge in [0.25, 0.3) is 0 Å². The van der Waals surface area contributed by atoms with Crippen LogP contribution in [0, 0.1) is 11.5 Å². The van der Waals surface area contributed by atoms with E-state index in [0.717, 1.165) is 5.56 Å². The van der Waals surface area contributed by atoms with Crippen molar-refractivity contribution < 1.29 is 13.5 Å². The van der Waals surface area contributed by atoms with Crippen LogP contribution < -0.4 is 10.0 Å². The summed E-state index contributed by atoms with van der Waals surface area (Å²) in [5.41, 5.74) is 1.45. The van der Waals surface area contributed by atoms with E-state index in [2.05, 4.69) is 10.0 Å². The second-order valence-electron chi connectivity index (χ2n) is 6.32. The Labute approximate surface area is 163 Å². The van der Waals surface area contributed by atoms with Gasteiger partial charge in [0.05, 0.1) is 5.02 Å². The van der Waals surface area contributed by atoms with Crippen molar-refractivity contribution in [2.24, 2.45) is 0 Å². The minimum Gasteiger partial charge on any atom is -0.508 e. The summed E-state index contributed by atoms with van der Waals surface area (Å²) < 4.78 is 28.1. The summed E-state index contributed by atoms with van der Waals surface area (Å²) in [6.07, 6.45) is 2.59. The lowest BCUT2D eigenvalue weighted by Crippen LogP contribution is -2.36. The van der Waals surface area contributed by atoms with Gasteiger partial charge in [0.15, 0.2) is 6.19 Å². The molecule has 1 atom stereocenters. The fourth-order valence-electron chi connectivity index (χ4n) is 2.92. The molecule has 0 unspecified atom stereocenters. The molecule has 0 bridgehead atoms. The van der Waals surface area contributed by atoms with Gasteiger partial charge in [-0.25, -0.2) is 13.1 Å². The van der Waals surface area contributed by atoms with Crippen molar-refractivity contribution in [3.8, 4) is 11.9 Å². The number of nitrogens with one attached hydrogen (secondary N) is 2. The third kappa shape index (κ3) is 4.83. The Morgan fingerprint density at radius 3 is 2.81 bits per heavy atom. The number of benzene rings is 2. The maximum absolute atomic E-state index is 12.7. The lowest BCUT2D eigenvalue weighted by atomic mass is 10.2. The van der Waals surface area contributed by atoms with Gasteiger partial charge in [0.1, 0.15) is 10.6 Å². The van der Waals surface area contributed by atoms with Crippen LogP contribution in [0.3, 0.4) is 0 Å². The van der Waals surface area contributed by atoms with Crippen LogP contribution in [-0.4, -0.2) is 37.6 Å². The molecule has 0 spiro atoms. The van der Waals surface area contributed by atoms with Crippen LogP contribution in [0.5, 0.6) is 5.75 Å². The highest BCUT2D eigenvalue weighted by atomic mass is 35.5. The molecule has 1 saturated heterocycles. The van der Waals surface area contributed by atoms with E-state index in [1.54, 1.807) is 24.3 Å². The van der Waals surface area contributed by atoms with Crippen molar-refractivity contribution in [3.05, 3.63) is 53.1 Å². The first-order valence-electron chi connectivity index (χ1n) is 8.36. The molecule has 0 aromatic heterocycles. The topological polar surface area (TPSA) is 105 Å². The van der Waals surface area contributed by atoms with E-state index < -0.39 is 10.0 Å². The van der Waals surface area contributed by atoms with Crippen LogP contribution in [-0.2, 0) is 16.6 Å². The number of phenolic OH excluding ortho intramolecular Hbond substituents is 1. The first-order chi connectivity index (χ1) is 12.9. The Kier molecular flexibility index (Phi) is 5.75. The fourth-order valence-corrected chi connectivity index (χ4v) is 4.71. The quantitative estimate of drug-likeness (QED) is 0.636. The van der Waals surface area contributed by atoms with Crippen LogP contribution in [0.2, 0.25) is 5.02 Å². The summed E-state index contributed by atoms with van der Waals surface area (Å²) in [4.78, 5) is 1.50. The zero-order chi connectivity index (χ0) is 19.4. The van der Waals surface area contributed by atoms with Gasteiger partial charge < -0.3 is 15.3 Å². The predicted molar refractivity (Wildman–Crippen MR) is 103 cm³/mol. The molecule has 1 aliphatic heterocycles. The zero-order valence-electron chi connectivity index (χ0n) is 14.4. The molecular formula is C18H19ClN4O3S. The Bertz CT molecular complexity index is 975. The number of nitriles is 1. The number of hydrogen-bond donors (Lipinski definition) is 3. The molecule has 142 valence electrons. The summed E-state index contributed by atoms with van der Waals surface area (Å²) in [6, 6.07) is 11.2. The molecule has 3 rings (SSSR count). The maximum Gasteiger partial charge on any atom is 0.242 e. The highest BCUT2D eigenvalue weighted by Crippen LogP contribution is 2.26. The van der Waals surface area contributed by atoms with Crippen molar-refractivity contribution in [1.29, 1.82) is 5.26 Å². The van der Waals surface area contributed by atoms with Gasteiger partial charge in [-0.15, -0.1) is 0 Å². The minimum atomic E-state index is -3.82. The summed E-state index contributed by atoms with van der Waals surface area (Å²) in [5, 5.41) is 21.7. The number of phenols is 1. The largest absolute Gasteiger partial charge is 0.508 e. The minimum absolute atomic E-state index is 0.0134. The van der Waals surface area contributed by atoms with Crippen molar-refractivity contribution in [1.82, 2.24) is 9.62 Å². The highest BCUT2D eigenvalue weighted by Gasteiger charge is 2.28. The molecule has 0 radical (unpaired) electrons. The van der Waals surface area contributed by atoms with Crippen LogP contribution in [0.1, 0.15) is 12.0 Å². The van der Waals surface area contributed by atoms with Crippen molar-refractivity contribution in [2.75, 3.05) is 18.4 Å². The average molecular weight is 407 g/mol. The first kappa shape index (κ1) is 19.3. The monoisotopic (exact) mass is 406 g/mol. The standard InChI is InChI=1S/C18H19ClN4O3S/c19-17-5-4-14(21-10-13-2-1-3-16(24)8-13)9-18(17)27(25,26)22-15-6-7-23(11-15)12-20/h1-5,8-9,15,21-22,24H,6-7,10-11H2/t15-/m1/s1. The highest BCUT2D eigenvalue weighted by molar-refractivity contribution is 7.89. The lowest BCUT2D eigenvalue weighted by Gasteiger charge is -2.15. The van der Waals surface area contributed by atoms with Crippen LogP contribution in [0.25, 0.3) is 0 Å². The normalized spacial score (nSPS) is 16.9. The number of likely N-dealkylation sites (tertiary alicyclic amines) is 1. The van der Waals surface area contributed by atoms with E-state index >= 15 is 0 Å². The van der Waals surface area contributed by atoms with Gasteiger partial charge in [0, 0.05) is 31.4 Å². The summed E-state index contributed by atoms with van der Waals surface area (Å²) >= 11 is 6.12. The second kappa shape index (κ2) is 8.05. The van der Waals surface area contributed by atoms with E-state index in [-0.39, 0.29) is 21.7 Å². The van der Waals surface area contributed by atoms with Crippen molar-refractivity contribution >= 4 is 27.3 Å². The zero-order valence-corrected chi connectivity index (χ0v) is 16.0. The summed E-state index contributed by atoms with van der Waals surface area (Å²) in [7, 11) is -3.82. The Morgan fingerprint density at radius 2 is 2.11 bits per heavy atom. The molecule has 0 saturated carbocycles. The molecule has 9 heteroatoms. The molecule has 0 aliphatic carbocycles. The molecular weight excluding hydrogens is 388 g/mol. The average Bonchev–Trinajstić information content (AvgIpc) is 3.08. The van der Waals surface area contributed by atoms with Gasteiger partial charge >= 0.3 is 0 Å². The van der Waals surface area contributed by atoms with Crippen molar-refractivity contribution in [2.45, 2.75) is 23.9 Å². The first-order valence-corrected chi connectivity index (χ1v) is 10.2. The van der Waals surface area contributed by atoms with Crippen LogP contribution in [0.4, 0.5) is 5.69 Å². The number of sulfonamides is 1. The van der Waals surface area contributed by atoms with Crippen molar-refractivity contribution in [3.63, 3.8) is 0 Å². The molecule has 2 aromatic rings. The maximum atomic E-state index is 12.7. The van der Waals surface area contributed by atoms with E-state index in [4.69, 9.17) is 16.9 Å². The van der Waals surface area contributed by atoms with Crippen LogP contribution >= 0.6 is 11.6 Å². The third-order valence-corrected chi connectivity index (χ3v) is 6.28. The fraction of sp³-hybridized carbons (Fsp3) is 0.278. The van der Waals surface area contributed by atoms with E-state index in [0.29, 0.717) is 31.7 Å². The Morgan fingerprint density at radius 1 is 1.30 bits per heavy atom. The number of anilines is 1. The van der Waals surface area contributed by atoms with E-state index in [9.17, 15) is 13.5 Å². The summed E-state index contributed by atoms with van der Waals surface area (Å²) in [6.45, 7) is 1.30. The summed E-state index contributed by atoms with van der Waals surface area (Å²) in [5.74, 6) is 0.167. The molecule has 1 fully saturated rings. The second-order valence-corrected chi connectivity index (χ2v) is 8.41.